The topological polar surface area (TPSA) is 58.6 Å². The maximum absolute atomic E-state index is 12.2. The SMILES string of the molecule is COc1ccc(C(=O)NC(C)C2CCCCC2)c(O)c1. The molecule has 1 saturated carbocycles. The molecule has 1 aliphatic rings. The number of ether oxygens (including phenoxy) is 1. The van der Waals surface area contributed by atoms with Gasteiger partial charge in [-0.2, -0.15) is 0 Å². The molecule has 2 N–H and O–H groups in total. The number of hydrogen-bond acceptors (Lipinski definition) is 3. The molecule has 110 valence electrons. The third-order valence-electron chi connectivity index (χ3n) is 4.17. The summed E-state index contributed by atoms with van der Waals surface area (Å²) >= 11 is 0. The summed E-state index contributed by atoms with van der Waals surface area (Å²) in [4.78, 5) is 12.2. The average molecular weight is 277 g/mol. The lowest BCUT2D eigenvalue weighted by Gasteiger charge is -2.28. The number of hydrogen-bond donors (Lipinski definition) is 2. The number of rotatable bonds is 4. The third kappa shape index (κ3) is 3.44. The van der Waals surface area contributed by atoms with Crippen LogP contribution in [0.2, 0.25) is 0 Å². The largest absolute Gasteiger partial charge is 0.507 e. The van der Waals surface area contributed by atoms with Crippen molar-refractivity contribution in [1.82, 2.24) is 5.32 Å². The first-order valence-electron chi connectivity index (χ1n) is 7.29. The van der Waals surface area contributed by atoms with E-state index in [9.17, 15) is 9.90 Å². The van der Waals surface area contributed by atoms with E-state index in [0.29, 0.717) is 17.2 Å². The fraction of sp³-hybridized carbons (Fsp3) is 0.562. The van der Waals surface area contributed by atoms with Gasteiger partial charge < -0.3 is 15.2 Å². The summed E-state index contributed by atoms with van der Waals surface area (Å²) in [5.74, 6) is 0.827. The lowest BCUT2D eigenvalue weighted by Crippen LogP contribution is -2.38. The minimum atomic E-state index is -0.219. The molecule has 1 fully saturated rings. The van der Waals surface area contributed by atoms with Crippen molar-refractivity contribution in [3.05, 3.63) is 23.8 Å². The highest BCUT2D eigenvalue weighted by Gasteiger charge is 2.22. The minimum absolute atomic E-state index is 0.0438. The highest BCUT2D eigenvalue weighted by atomic mass is 16.5. The van der Waals surface area contributed by atoms with E-state index >= 15 is 0 Å². The third-order valence-corrected chi connectivity index (χ3v) is 4.17. The van der Waals surface area contributed by atoms with Crippen molar-refractivity contribution >= 4 is 5.91 Å². The Morgan fingerprint density at radius 1 is 1.35 bits per heavy atom. The van der Waals surface area contributed by atoms with Crippen LogP contribution in [0, 0.1) is 5.92 Å². The molecule has 1 aromatic carbocycles. The van der Waals surface area contributed by atoms with Crippen LogP contribution in [0.25, 0.3) is 0 Å². The van der Waals surface area contributed by atoms with Gasteiger partial charge in [0.15, 0.2) is 0 Å². The normalized spacial score (nSPS) is 17.5. The van der Waals surface area contributed by atoms with Gasteiger partial charge in [-0.15, -0.1) is 0 Å². The summed E-state index contributed by atoms with van der Waals surface area (Å²) in [5.41, 5.74) is 0.299. The Kier molecular flexibility index (Phi) is 4.88. The van der Waals surface area contributed by atoms with Gasteiger partial charge in [-0.25, -0.2) is 0 Å². The number of amides is 1. The molecule has 1 atom stereocenters. The highest BCUT2D eigenvalue weighted by Crippen LogP contribution is 2.27. The van der Waals surface area contributed by atoms with Gasteiger partial charge in [-0.1, -0.05) is 19.3 Å². The predicted molar refractivity (Wildman–Crippen MR) is 78.2 cm³/mol. The first kappa shape index (κ1) is 14.7. The highest BCUT2D eigenvalue weighted by molar-refractivity contribution is 5.97. The van der Waals surface area contributed by atoms with Crippen LogP contribution in [0.1, 0.15) is 49.4 Å². The summed E-state index contributed by atoms with van der Waals surface area (Å²) in [6.07, 6.45) is 6.15. The molecular formula is C16H23NO3. The lowest BCUT2D eigenvalue weighted by molar-refractivity contribution is 0.0916. The maximum Gasteiger partial charge on any atom is 0.255 e. The number of aromatic hydroxyl groups is 1. The van der Waals surface area contributed by atoms with Gasteiger partial charge in [0.2, 0.25) is 0 Å². The van der Waals surface area contributed by atoms with E-state index in [1.807, 2.05) is 0 Å². The number of phenolic OH excluding ortho intramolecular Hbond substituents is 1. The van der Waals surface area contributed by atoms with Crippen molar-refractivity contribution in [2.24, 2.45) is 5.92 Å². The monoisotopic (exact) mass is 277 g/mol. The van der Waals surface area contributed by atoms with E-state index in [1.54, 1.807) is 12.1 Å². The van der Waals surface area contributed by atoms with Gasteiger partial charge >= 0.3 is 0 Å². The van der Waals surface area contributed by atoms with Crippen molar-refractivity contribution < 1.29 is 14.6 Å². The van der Waals surface area contributed by atoms with E-state index < -0.39 is 0 Å². The second-order valence-electron chi connectivity index (χ2n) is 5.54. The number of carbonyl (C=O) groups excluding carboxylic acids is 1. The van der Waals surface area contributed by atoms with Gasteiger partial charge in [-0.05, 0) is 37.8 Å². The molecule has 2 rings (SSSR count). The Bertz CT molecular complexity index is 467. The van der Waals surface area contributed by atoms with E-state index in [0.717, 1.165) is 0 Å². The van der Waals surface area contributed by atoms with Crippen LogP contribution in [0.3, 0.4) is 0 Å². The van der Waals surface area contributed by atoms with Crippen molar-refractivity contribution in [3.63, 3.8) is 0 Å². The summed E-state index contributed by atoms with van der Waals surface area (Å²) in [7, 11) is 1.53. The molecule has 0 bridgehead atoms. The zero-order valence-electron chi connectivity index (χ0n) is 12.2. The van der Waals surface area contributed by atoms with Crippen LogP contribution in [-0.2, 0) is 0 Å². The molecule has 0 heterocycles. The Morgan fingerprint density at radius 3 is 2.65 bits per heavy atom. The zero-order valence-corrected chi connectivity index (χ0v) is 12.2. The van der Waals surface area contributed by atoms with E-state index in [-0.39, 0.29) is 17.7 Å². The number of nitrogens with one attached hydrogen (secondary N) is 1. The van der Waals surface area contributed by atoms with E-state index in [1.165, 1.54) is 45.3 Å². The minimum Gasteiger partial charge on any atom is -0.507 e. The van der Waals surface area contributed by atoms with Crippen molar-refractivity contribution in [1.29, 1.82) is 0 Å². The molecule has 0 spiro atoms. The fourth-order valence-corrected chi connectivity index (χ4v) is 2.87. The molecule has 4 nitrogen and oxygen atoms in total. The lowest BCUT2D eigenvalue weighted by atomic mass is 9.84. The van der Waals surface area contributed by atoms with Crippen LogP contribution in [0.15, 0.2) is 18.2 Å². The predicted octanol–water partition coefficient (Wildman–Crippen LogP) is 3.10. The number of methoxy groups -OCH3 is 1. The van der Waals surface area contributed by atoms with Gasteiger partial charge in [-0.3, -0.25) is 4.79 Å². The van der Waals surface area contributed by atoms with Crippen LogP contribution >= 0.6 is 0 Å². The molecule has 0 aromatic heterocycles. The second kappa shape index (κ2) is 6.64. The smallest absolute Gasteiger partial charge is 0.255 e. The zero-order chi connectivity index (χ0) is 14.5. The van der Waals surface area contributed by atoms with Gasteiger partial charge in [0.25, 0.3) is 5.91 Å². The summed E-state index contributed by atoms with van der Waals surface area (Å²) in [5, 5.41) is 12.9. The molecule has 1 amide bonds. The summed E-state index contributed by atoms with van der Waals surface area (Å²) in [6, 6.07) is 4.88. The molecule has 1 unspecified atom stereocenters. The summed E-state index contributed by atoms with van der Waals surface area (Å²) < 4.78 is 5.01. The first-order valence-corrected chi connectivity index (χ1v) is 7.29. The van der Waals surface area contributed by atoms with Crippen molar-refractivity contribution in [2.45, 2.75) is 45.1 Å². The van der Waals surface area contributed by atoms with Crippen LogP contribution in [0.4, 0.5) is 0 Å². The molecule has 1 aromatic rings. The van der Waals surface area contributed by atoms with Crippen LogP contribution in [-0.4, -0.2) is 24.2 Å². The van der Waals surface area contributed by atoms with Gasteiger partial charge in [0.1, 0.15) is 11.5 Å². The van der Waals surface area contributed by atoms with E-state index in [2.05, 4.69) is 12.2 Å². The Hall–Kier alpha value is -1.71. The Labute approximate surface area is 120 Å². The standard InChI is InChI=1S/C16H23NO3/c1-11(12-6-4-3-5-7-12)17-16(19)14-9-8-13(20-2)10-15(14)18/h8-12,18H,3-7H2,1-2H3,(H,17,19). The molecule has 0 saturated heterocycles. The number of phenols is 1. The van der Waals surface area contributed by atoms with E-state index in [4.69, 9.17) is 4.74 Å². The molecular weight excluding hydrogens is 254 g/mol. The van der Waals surface area contributed by atoms with Crippen molar-refractivity contribution in [2.75, 3.05) is 7.11 Å². The number of carbonyl (C=O) groups is 1. The fourth-order valence-electron chi connectivity index (χ4n) is 2.87. The quantitative estimate of drug-likeness (QED) is 0.889. The Morgan fingerprint density at radius 2 is 2.05 bits per heavy atom. The number of benzene rings is 1. The molecule has 20 heavy (non-hydrogen) atoms. The maximum atomic E-state index is 12.2. The Balaban J connectivity index is 2.00. The van der Waals surface area contributed by atoms with Gasteiger partial charge in [0.05, 0.1) is 12.7 Å². The average Bonchev–Trinajstić information content (AvgIpc) is 2.47. The molecule has 0 radical (unpaired) electrons. The van der Waals surface area contributed by atoms with Crippen molar-refractivity contribution in [3.8, 4) is 11.5 Å². The van der Waals surface area contributed by atoms with Crippen LogP contribution < -0.4 is 10.1 Å². The first-order chi connectivity index (χ1) is 9.61. The molecule has 4 heteroatoms. The second-order valence-corrected chi connectivity index (χ2v) is 5.54. The molecule has 0 aliphatic heterocycles. The molecule has 1 aliphatic carbocycles. The van der Waals surface area contributed by atoms with Gasteiger partial charge in [0, 0.05) is 12.1 Å². The summed E-state index contributed by atoms with van der Waals surface area (Å²) in [6.45, 7) is 2.05. The van der Waals surface area contributed by atoms with Crippen LogP contribution in [0.5, 0.6) is 11.5 Å².